The molecule has 1 fully saturated rings. The van der Waals surface area contributed by atoms with Gasteiger partial charge in [-0.25, -0.2) is 0 Å². The molecular weight excluding hydrogens is 354 g/mol. The topological polar surface area (TPSA) is 39.3 Å². The Bertz CT molecular complexity index is 1060. The highest BCUT2D eigenvalue weighted by Crippen LogP contribution is 2.42. The van der Waals surface area contributed by atoms with Crippen LogP contribution >= 0.6 is 12.2 Å². The fourth-order valence-electron chi connectivity index (χ4n) is 4.62. The molecule has 0 saturated carbocycles. The molecule has 5 rings (SSSR count). The van der Waals surface area contributed by atoms with E-state index < -0.39 is 0 Å². The van der Waals surface area contributed by atoms with E-state index in [-0.39, 0.29) is 24.0 Å². The average molecular weight is 375 g/mol. The highest BCUT2D eigenvalue weighted by atomic mass is 32.1. The predicted octanol–water partition coefficient (Wildman–Crippen LogP) is 4.34. The molecule has 3 aromatic rings. The molecular formula is C22H21N3OS. The number of hydrogen-bond acceptors (Lipinski definition) is 2. The molecule has 3 atom stereocenters. The van der Waals surface area contributed by atoms with Gasteiger partial charge in [-0.2, -0.15) is 0 Å². The van der Waals surface area contributed by atoms with Crippen molar-refractivity contribution < 1.29 is 4.79 Å². The number of benzene rings is 2. The van der Waals surface area contributed by atoms with E-state index in [1.54, 1.807) is 4.90 Å². The van der Waals surface area contributed by atoms with Gasteiger partial charge in [0.2, 0.25) is 0 Å². The fraction of sp³-hybridized carbons (Fsp3) is 0.273. The number of H-pyrrole nitrogens is 1. The van der Waals surface area contributed by atoms with Crippen LogP contribution in [0.25, 0.3) is 10.9 Å². The van der Waals surface area contributed by atoms with E-state index in [1.807, 2.05) is 24.3 Å². The van der Waals surface area contributed by atoms with E-state index in [9.17, 15) is 4.79 Å². The van der Waals surface area contributed by atoms with Gasteiger partial charge in [0, 0.05) is 23.0 Å². The Morgan fingerprint density at radius 3 is 2.59 bits per heavy atom. The van der Waals surface area contributed by atoms with Gasteiger partial charge in [-0.05, 0) is 43.3 Å². The molecule has 1 aromatic heterocycles. The first-order chi connectivity index (χ1) is 13.1. The summed E-state index contributed by atoms with van der Waals surface area (Å²) in [6.07, 6.45) is 0.695. The first kappa shape index (κ1) is 16.5. The lowest BCUT2D eigenvalue weighted by atomic mass is 9.93. The minimum Gasteiger partial charge on any atom is -0.356 e. The van der Waals surface area contributed by atoms with Gasteiger partial charge in [0.15, 0.2) is 5.11 Å². The summed E-state index contributed by atoms with van der Waals surface area (Å²) >= 11 is 5.80. The number of carbonyl (C=O) groups is 1. The molecule has 0 spiro atoms. The summed E-state index contributed by atoms with van der Waals surface area (Å²) in [6, 6.07) is 18.2. The summed E-state index contributed by atoms with van der Waals surface area (Å²) in [5, 5.41) is 1.85. The third-order valence-electron chi connectivity index (χ3n) is 6.03. The van der Waals surface area contributed by atoms with Crippen LogP contribution in [0.15, 0.2) is 54.6 Å². The van der Waals surface area contributed by atoms with Crippen LogP contribution in [-0.2, 0) is 11.2 Å². The van der Waals surface area contributed by atoms with E-state index in [0.717, 1.165) is 11.1 Å². The molecule has 1 N–H and O–H groups in total. The number of nitrogens with zero attached hydrogens (tertiary/aromatic N) is 2. The molecule has 0 bridgehead atoms. The van der Waals surface area contributed by atoms with Crippen molar-refractivity contribution in [3.05, 3.63) is 71.4 Å². The Balaban J connectivity index is 1.55. The van der Waals surface area contributed by atoms with Crippen molar-refractivity contribution in [2.75, 3.05) is 0 Å². The van der Waals surface area contributed by atoms with E-state index in [0.29, 0.717) is 11.5 Å². The number of thiocarbonyl (C=S) groups is 1. The summed E-state index contributed by atoms with van der Waals surface area (Å²) in [5.74, 6) is 0.110. The smallest absolute Gasteiger partial charge is 0.252 e. The molecule has 136 valence electrons. The minimum atomic E-state index is -0.217. The van der Waals surface area contributed by atoms with Crippen LogP contribution in [0.3, 0.4) is 0 Å². The molecule has 3 unspecified atom stereocenters. The van der Waals surface area contributed by atoms with Gasteiger partial charge >= 0.3 is 0 Å². The standard InChI is InChI=1S/C22H21N3OS/c1-13(15-8-4-3-5-9-15)25-21(26)19-12-17-16-10-6-7-11-18(16)23-20(17)14(2)24(19)22(25)27/h3-11,13-14,19,23H,12H2,1-2H3. The monoisotopic (exact) mass is 375 g/mol. The summed E-state index contributed by atoms with van der Waals surface area (Å²) < 4.78 is 0. The first-order valence-corrected chi connectivity index (χ1v) is 9.78. The molecule has 27 heavy (non-hydrogen) atoms. The van der Waals surface area contributed by atoms with E-state index in [2.05, 4.69) is 54.1 Å². The predicted molar refractivity (Wildman–Crippen MR) is 110 cm³/mol. The lowest BCUT2D eigenvalue weighted by molar-refractivity contribution is -0.129. The van der Waals surface area contributed by atoms with E-state index in [1.165, 1.54) is 16.6 Å². The van der Waals surface area contributed by atoms with Gasteiger partial charge in [-0.1, -0.05) is 48.5 Å². The number of nitrogens with one attached hydrogen (secondary N) is 1. The van der Waals surface area contributed by atoms with Crippen molar-refractivity contribution in [1.29, 1.82) is 0 Å². The summed E-state index contributed by atoms with van der Waals surface area (Å²) in [6.45, 7) is 4.19. The summed E-state index contributed by atoms with van der Waals surface area (Å²) in [7, 11) is 0. The fourth-order valence-corrected chi connectivity index (χ4v) is 5.15. The van der Waals surface area contributed by atoms with E-state index in [4.69, 9.17) is 12.2 Å². The zero-order valence-corrected chi connectivity index (χ0v) is 16.2. The van der Waals surface area contributed by atoms with Gasteiger partial charge in [0.05, 0.1) is 12.1 Å². The number of rotatable bonds is 2. The number of hydrogen-bond donors (Lipinski definition) is 1. The number of amides is 1. The maximum Gasteiger partial charge on any atom is 0.252 e. The van der Waals surface area contributed by atoms with Gasteiger partial charge in [-0.15, -0.1) is 0 Å². The van der Waals surface area contributed by atoms with Crippen molar-refractivity contribution >= 4 is 34.1 Å². The minimum absolute atomic E-state index is 0.0515. The van der Waals surface area contributed by atoms with Crippen molar-refractivity contribution in [1.82, 2.24) is 14.8 Å². The van der Waals surface area contributed by atoms with Crippen LogP contribution in [0.1, 0.15) is 42.8 Å². The molecule has 0 aliphatic carbocycles. The summed E-state index contributed by atoms with van der Waals surface area (Å²) in [5.41, 5.74) is 4.66. The third-order valence-corrected chi connectivity index (χ3v) is 6.44. The van der Waals surface area contributed by atoms with Crippen LogP contribution in [0, 0.1) is 0 Å². The van der Waals surface area contributed by atoms with Crippen LogP contribution < -0.4 is 0 Å². The highest BCUT2D eigenvalue weighted by Gasteiger charge is 2.50. The van der Waals surface area contributed by atoms with Crippen molar-refractivity contribution in [3.8, 4) is 0 Å². The van der Waals surface area contributed by atoms with Crippen LogP contribution in [0.5, 0.6) is 0 Å². The molecule has 2 aliphatic heterocycles. The normalized spacial score (nSPS) is 22.9. The van der Waals surface area contributed by atoms with Crippen LogP contribution in [0.2, 0.25) is 0 Å². The number of aromatic nitrogens is 1. The number of carbonyl (C=O) groups excluding carboxylic acids is 1. The quantitative estimate of drug-likeness (QED) is 0.677. The van der Waals surface area contributed by atoms with Gasteiger partial charge in [0.25, 0.3) is 5.91 Å². The average Bonchev–Trinajstić information content (AvgIpc) is 3.18. The third kappa shape index (κ3) is 2.28. The Morgan fingerprint density at radius 2 is 1.81 bits per heavy atom. The van der Waals surface area contributed by atoms with Crippen LogP contribution in [0.4, 0.5) is 0 Å². The molecule has 2 aromatic carbocycles. The number of para-hydroxylation sites is 1. The van der Waals surface area contributed by atoms with Crippen molar-refractivity contribution in [3.63, 3.8) is 0 Å². The maximum atomic E-state index is 13.4. The van der Waals surface area contributed by atoms with Gasteiger partial charge in [-0.3, -0.25) is 9.69 Å². The lowest BCUT2D eigenvalue weighted by Gasteiger charge is -2.35. The Labute approximate surface area is 163 Å². The highest BCUT2D eigenvalue weighted by molar-refractivity contribution is 7.80. The molecule has 0 radical (unpaired) electrons. The Kier molecular flexibility index (Phi) is 3.62. The second-order valence-electron chi connectivity index (χ2n) is 7.44. The largest absolute Gasteiger partial charge is 0.356 e. The van der Waals surface area contributed by atoms with Crippen molar-refractivity contribution in [2.24, 2.45) is 0 Å². The molecule has 1 saturated heterocycles. The molecule has 5 heteroatoms. The Morgan fingerprint density at radius 1 is 1.11 bits per heavy atom. The molecule has 1 amide bonds. The second-order valence-corrected chi connectivity index (χ2v) is 7.81. The zero-order chi connectivity index (χ0) is 18.7. The summed E-state index contributed by atoms with van der Waals surface area (Å²) in [4.78, 5) is 20.8. The second kappa shape index (κ2) is 5.92. The lowest BCUT2D eigenvalue weighted by Crippen LogP contribution is -2.42. The molecule has 2 aliphatic rings. The van der Waals surface area contributed by atoms with Crippen LogP contribution in [-0.4, -0.2) is 31.8 Å². The number of aromatic amines is 1. The number of fused-ring (bicyclic) bond motifs is 4. The van der Waals surface area contributed by atoms with E-state index >= 15 is 0 Å². The molecule has 4 nitrogen and oxygen atoms in total. The van der Waals surface area contributed by atoms with Gasteiger partial charge < -0.3 is 9.88 Å². The Hall–Kier alpha value is -2.66. The van der Waals surface area contributed by atoms with Gasteiger partial charge in [0.1, 0.15) is 6.04 Å². The zero-order valence-electron chi connectivity index (χ0n) is 15.3. The molecule has 3 heterocycles. The van der Waals surface area contributed by atoms with Crippen molar-refractivity contribution in [2.45, 2.75) is 38.4 Å². The first-order valence-electron chi connectivity index (χ1n) is 9.37. The maximum absolute atomic E-state index is 13.4. The SMILES string of the molecule is CC(c1ccccc1)N1C(=O)C2Cc3c([nH]c4ccccc34)C(C)N2C1=S.